The number of aromatic nitrogens is 1. The van der Waals surface area contributed by atoms with E-state index < -0.39 is 5.60 Å². The Morgan fingerprint density at radius 3 is 2.60 bits per heavy atom. The lowest BCUT2D eigenvalue weighted by molar-refractivity contribution is -0.136. The molecule has 1 aromatic rings. The number of anilines is 1. The molecule has 0 aromatic carbocycles. The molecule has 5 saturated carbocycles. The van der Waals surface area contributed by atoms with Crippen molar-refractivity contribution < 1.29 is 9.90 Å². The third-order valence-corrected chi connectivity index (χ3v) is 8.52. The van der Waals surface area contributed by atoms with Crippen LogP contribution in [0, 0.1) is 17.8 Å². The number of hydrogen-bond donors (Lipinski definition) is 2. The summed E-state index contributed by atoms with van der Waals surface area (Å²) < 4.78 is 0. The van der Waals surface area contributed by atoms with E-state index in [1.165, 1.54) is 12.8 Å². The molecule has 7 rings (SSSR count). The zero-order valence-corrected chi connectivity index (χ0v) is 18.0. The van der Waals surface area contributed by atoms with Gasteiger partial charge in [0, 0.05) is 37.8 Å². The molecule has 6 heteroatoms. The highest BCUT2D eigenvalue weighted by atomic mass is 16.3. The van der Waals surface area contributed by atoms with Gasteiger partial charge in [0.25, 0.3) is 5.91 Å². The normalized spacial score (nSPS) is 40.6. The van der Waals surface area contributed by atoms with E-state index >= 15 is 0 Å². The molecule has 6 aliphatic rings. The van der Waals surface area contributed by atoms with Crippen LogP contribution in [-0.2, 0) is 0 Å². The molecule has 2 heterocycles. The van der Waals surface area contributed by atoms with Crippen molar-refractivity contribution >= 4 is 11.7 Å². The summed E-state index contributed by atoms with van der Waals surface area (Å²) in [6.07, 6.45) is 7.67. The summed E-state index contributed by atoms with van der Waals surface area (Å²) in [6, 6.07) is 7.26. The average molecular weight is 411 g/mol. The summed E-state index contributed by atoms with van der Waals surface area (Å²) >= 11 is 0. The van der Waals surface area contributed by atoms with Gasteiger partial charge < -0.3 is 15.3 Å². The van der Waals surface area contributed by atoms with Crippen molar-refractivity contribution in [3.05, 3.63) is 23.9 Å². The van der Waals surface area contributed by atoms with Gasteiger partial charge in [-0.1, -0.05) is 6.07 Å². The maximum atomic E-state index is 13.1. The van der Waals surface area contributed by atoms with Crippen LogP contribution in [0.4, 0.5) is 5.82 Å². The van der Waals surface area contributed by atoms with E-state index in [4.69, 9.17) is 4.98 Å². The van der Waals surface area contributed by atoms with Gasteiger partial charge in [0.15, 0.2) is 0 Å². The minimum atomic E-state index is -0.464. The monoisotopic (exact) mass is 410 g/mol. The smallest absolute Gasteiger partial charge is 0.270 e. The standard InChI is InChI=1S/C24H34N4O2/c1-15-14-27(19-5-6-19)7-8-28(15)21-4-2-3-20(25-21)23(29)26-22-17-9-16-10-18(22)13-24(30,11-16)12-17/h2-4,15-19,22,30H,5-14H2,1H3,(H,26,29)/t15-,16?,17?,18?,22?,24?/m1/s1. The van der Waals surface area contributed by atoms with Crippen LogP contribution in [0.15, 0.2) is 18.2 Å². The maximum absolute atomic E-state index is 13.1. The Labute approximate surface area is 179 Å². The summed E-state index contributed by atoms with van der Waals surface area (Å²) in [7, 11) is 0. The van der Waals surface area contributed by atoms with E-state index in [1.807, 2.05) is 18.2 Å². The SMILES string of the molecule is C[C@@H]1CN(C2CC2)CCN1c1cccc(C(=O)NC2C3CC4CC2CC(O)(C4)C3)n1. The Bertz CT molecular complexity index is 824. The predicted molar refractivity (Wildman–Crippen MR) is 115 cm³/mol. The van der Waals surface area contributed by atoms with Crippen LogP contribution in [0.3, 0.4) is 0 Å². The summed E-state index contributed by atoms with van der Waals surface area (Å²) in [4.78, 5) is 22.9. The van der Waals surface area contributed by atoms with Crippen molar-refractivity contribution in [1.29, 1.82) is 0 Å². The topological polar surface area (TPSA) is 68.7 Å². The van der Waals surface area contributed by atoms with E-state index in [-0.39, 0.29) is 11.9 Å². The Morgan fingerprint density at radius 2 is 1.93 bits per heavy atom. The highest BCUT2D eigenvalue weighted by Gasteiger charge is 2.55. The second kappa shape index (κ2) is 6.92. The quantitative estimate of drug-likeness (QED) is 0.798. The van der Waals surface area contributed by atoms with Gasteiger partial charge in [-0.05, 0) is 81.8 Å². The van der Waals surface area contributed by atoms with Crippen molar-refractivity contribution in [3.8, 4) is 0 Å². The van der Waals surface area contributed by atoms with Gasteiger partial charge in [-0.25, -0.2) is 4.98 Å². The number of carbonyl (C=O) groups excluding carboxylic acids is 1. The number of carbonyl (C=O) groups is 1. The molecule has 6 nitrogen and oxygen atoms in total. The second-order valence-electron chi connectivity index (χ2n) is 10.8. The minimum absolute atomic E-state index is 0.0504. The van der Waals surface area contributed by atoms with E-state index in [1.54, 1.807) is 0 Å². The summed E-state index contributed by atoms with van der Waals surface area (Å²) in [6.45, 7) is 5.41. The zero-order valence-electron chi connectivity index (χ0n) is 18.0. The number of piperazine rings is 1. The van der Waals surface area contributed by atoms with Crippen LogP contribution in [0.1, 0.15) is 62.4 Å². The molecule has 1 aliphatic heterocycles. The number of aliphatic hydroxyl groups is 1. The van der Waals surface area contributed by atoms with Crippen LogP contribution >= 0.6 is 0 Å². The van der Waals surface area contributed by atoms with Gasteiger partial charge in [-0.3, -0.25) is 9.69 Å². The Kier molecular flexibility index (Phi) is 4.40. The van der Waals surface area contributed by atoms with Gasteiger partial charge in [-0.15, -0.1) is 0 Å². The third-order valence-electron chi connectivity index (χ3n) is 8.52. The van der Waals surface area contributed by atoms with E-state index in [2.05, 4.69) is 22.0 Å². The molecule has 2 N–H and O–H groups in total. The van der Waals surface area contributed by atoms with E-state index in [0.717, 1.165) is 63.6 Å². The number of pyridine rings is 1. The molecule has 5 aliphatic carbocycles. The van der Waals surface area contributed by atoms with Crippen LogP contribution in [-0.4, -0.2) is 64.3 Å². The fraction of sp³-hybridized carbons (Fsp3) is 0.750. The molecule has 0 spiro atoms. The molecule has 1 aromatic heterocycles. The highest BCUT2D eigenvalue weighted by Crippen LogP contribution is 2.55. The largest absolute Gasteiger partial charge is 0.390 e. The van der Waals surface area contributed by atoms with Crippen LogP contribution in [0.25, 0.3) is 0 Å². The molecule has 1 amide bonds. The number of amides is 1. The lowest BCUT2D eigenvalue weighted by Crippen LogP contribution is -2.61. The molecule has 1 saturated heterocycles. The molecule has 3 atom stereocenters. The number of nitrogens with one attached hydrogen (secondary N) is 1. The van der Waals surface area contributed by atoms with Crippen LogP contribution in [0.2, 0.25) is 0 Å². The molecule has 2 unspecified atom stereocenters. The van der Waals surface area contributed by atoms with Crippen molar-refractivity contribution in [2.45, 2.75) is 75.6 Å². The zero-order chi connectivity index (χ0) is 20.5. The fourth-order valence-corrected chi connectivity index (χ4v) is 7.25. The Morgan fingerprint density at radius 1 is 1.17 bits per heavy atom. The summed E-state index contributed by atoms with van der Waals surface area (Å²) in [5, 5.41) is 14.1. The molecule has 30 heavy (non-hydrogen) atoms. The first-order valence-electron chi connectivity index (χ1n) is 12.0. The van der Waals surface area contributed by atoms with Gasteiger partial charge >= 0.3 is 0 Å². The first-order chi connectivity index (χ1) is 14.5. The first-order valence-corrected chi connectivity index (χ1v) is 12.0. The minimum Gasteiger partial charge on any atom is -0.390 e. The number of rotatable bonds is 4. The fourth-order valence-electron chi connectivity index (χ4n) is 7.25. The van der Waals surface area contributed by atoms with Gasteiger partial charge in [-0.2, -0.15) is 0 Å². The summed E-state index contributed by atoms with van der Waals surface area (Å²) in [5.74, 6) is 2.36. The van der Waals surface area contributed by atoms with E-state index in [0.29, 0.717) is 29.5 Å². The van der Waals surface area contributed by atoms with E-state index in [9.17, 15) is 9.90 Å². The maximum Gasteiger partial charge on any atom is 0.270 e. The summed E-state index contributed by atoms with van der Waals surface area (Å²) in [5.41, 5.74) is 0.0612. The van der Waals surface area contributed by atoms with Gasteiger partial charge in [0.05, 0.1) is 5.60 Å². The third kappa shape index (κ3) is 3.32. The molecule has 0 radical (unpaired) electrons. The van der Waals surface area contributed by atoms with Crippen molar-refractivity contribution in [1.82, 2.24) is 15.2 Å². The van der Waals surface area contributed by atoms with Crippen LogP contribution in [0.5, 0.6) is 0 Å². The van der Waals surface area contributed by atoms with Crippen molar-refractivity contribution in [2.75, 3.05) is 24.5 Å². The lowest BCUT2D eigenvalue weighted by atomic mass is 9.52. The molecular formula is C24H34N4O2. The lowest BCUT2D eigenvalue weighted by Gasteiger charge is -2.58. The molecule has 6 fully saturated rings. The number of nitrogens with zero attached hydrogens (tertiary/aromatic N) is 3. The molecule has 4 bridgehead atoms. The first kappa shape index (κ1) is 19.1. The van der Waals surface area contributed by atoms with Crippen molar-refractivity contribution in [2.24, 2.45) is 17.8 Å². The molecule has 162 valence electrons. The second-order valence-corrected chi connectivity index (χ2v) is 10.8. The number of hydrogen-bond acceptors (Lipinski definition) is 5. The van der Waals surface area contributed by atoms with Gasteiger partial charge in [0.2, 0.25) is 0 Å². The average Bonchev–Trinajstić information content (AvgIpc) is 3.55. The Balaban J connectivity index is 1.15. The molecular weight excluding hydrogens is 376 g/mol. The Hall–Kier alpha value is -1.66. The van der Waals surface area contributed by atoms with Crippen LogP contribution < -0.4 is 10.2 Å². The highest BCUT2D eigenvalue weighted by molar-refractivity contribution is 5.93. The van der Waals surface area contributed by atoms with Gasteiger partial charge in [0.1, 0.15) is 11.5 Å². The van der Waals surface area contributed by atoms with Crippen molar-refractivity contribution in [3.63, 3.8) is 0 Å². The predicted octanol–water partition coefficient (Wildman–Crippen LogP) is 2.42.